The Hall–Kier alpha value is -1.39. The van der Waals surface area contributed by atoms with Crippen LogP contribution in [0.4, 0.5) is 0 Å². The summed E-state index contributed by atoms with van der Waals surface area (Å²) in [4.78, 5) is 17.0. The second-order valence-electron chi connectivity index (χ2n) is 7.29. The number of fused-ring (bicyclic) bond motifs is 1. The van der Waals surface area contributed by atoms with Crippen LogP contribution in [0.5, 0.6) is 0 Å². The van der Waals surface area contributed by atoms with E-state index >= 15 is 0 Å². The van der Waals surface area contributed by atoms with E-state index in [1.165, 1.54) is 37.1 Å². The van der Waals surface area contributed by atoms with Crippen molar-refractivity contribution in [2.24, 2.45) is 5.92 Å². The highest BCUT2D eigenvalue weighted by molar-refractivity contribution is 5.78. The predicted molar refractivity (Wildman–Crippen MR) is 93.0 cm³/mol. The molecule has 1 N–H and O–H groups in total. The van der Waals surface area contributed by atoms with Crippen molar-refractivity contribution < 1.29 is 4.79 Å². The fourth-order valence-corrected chi connectivity index (χ4v) is 3.71. The highest BCUT2D eigenvalue weighted by Crippen LogP contribution is 2.21. The SMILES string of the molecule is CC(C)N1CCC(CNC(=O)CN2Cc3ccccc3C2)CC1. The van der Waals surface area contributed by atoms with Crippen LogP contribution in [0, 0.1) is 5.92 Å². The Labute approximate surface area is 139 Å². The van der Waals surface area contributed by atoms with Gasteiger partial charge < -0.3 is 10.2 Å². The second kappa shape index (κ2) is 7.45. The zero-order valence-corrected chi connectivity index (χ0v) is 14.4. The Bertz CT molecular complexity index is 510. The van der Waals surface area contributed by atoms with Gasteiger partial charge in [-0.25, -0.2) is 0 Å². The number of nitrogens with zero attached hydrogens (tertiary/aromatic N) is 2. The molecule has 0 bridgehead atoms. The number of carbonyl (C=O) groups is 1. The topological polar surface area (TPSA) is 35.6 Å². The van der Waals surface area contributed by atoms with Crippen LogP contribution in [-0.4, -0.2) is 47.9 Å². The Morgan fingerprint density at radius 3 is 2.35 bits per heavy atom. The first kappa shape index (κ1) is 16.5. The maximum atomic E-state index is 12.2. The molecule has 1 saturated heterocycles. The monoisotopic (exact) mass is 315 g/mol. The van der Waals surface area contributed by atoms with Crippen molar-refractivity contribution in [2.45, 2.75) is 45.8 Å². The summed E-state index contributed by atoms with van der Waals surface area (Å²) >= 11 is 0. The summed E-state index contributed by atoms with van der Waals surface area (Å²) in [6.07, 6.45) is 2.40. The maximum Gasteiger partial charge on any atom is 0.234 e. The summed E-state index contributed by atoms with van der Waals surface area (Å²) in [5, 5.41) is 3.15. The molecule has 1 fully saturated rings. The van der Waals surface area contributed by atoms with Crippen LogP contribution >= 0.6 is 0 Å². The fourth-order valence-electron chi connectivity index (χ4n) is 3.71. The van der Waals surface area contributed by atoms with Gasteiger partial charge in [-0.15, -0.1) is 0 Å². The quantitative estimate of drug-likeness (QED) is 0.905. The summed E-state index contributed by atoms with van der Waals surface area (Å²) < 4.78 is 0. The van der Waals surface area contributed by atoms with Crippen molar-refractivity contribution in [1.82, 2.24) is 15.1 Å². The van der Waals surface area contributed by atoms with Gasteiger partial charge in [0.25, 0.3) is 0 Å². The molecule has 2 aliphatic rings. The molecule has 0 radical (unpaired) electrons. The molecular weight excluding hydrogens is 286 g/mol. The molecule has 0 aromatic heterocycles. The van der Waals surface area contributed by atoms with Gasteiger partial charge in [0.2, 0.25) is 5.91 Å². The van der Waals surface area contributed by atoms with E-state index in [9.17, 15) is 4.79 Å². The number of piperidine rings is 1. The van der Waals surface area contributed by atoms with Crippen LogP contribution in [0.15, 0.2) is 24.3 Å². The van der Waals surface area contributed by atoms with E-state index < -0.39 is 0 Å². The van der Waals surface area contributed by atoms with Crippen LogP contribution in [0.25, 0.3) is 0 Å². The first-order valence-corrected chi connectivity index (χ1v) is 8.91. The van der Waals surface area contributed by atoms with Gasteiger partial charge in [0.05, 0.1) is 6.54 Å². The summed E-state index contributed by atoms with van der Waals surface area (Å²) in [6, 6.07) is 9.12. The lowest BCUT2D eigenvalue weighted by Gasteiger charge is -2.34. The molecule has 0 atom stereocenters. The van der Waals surface area contributed by atoms with Gasteiger partial charge in [-0.2, -0.15) is 0 Å². The lowest BCUT2D eigenvalue weighted by Crippen LogP contribution is -2.43. The van der Waals surface area contributed by atoms with E-state index in [4.69, 9.17) is 0 Å². The van der Waals surface area contributed by atoms with Crippen molar-refractivity contribution in [3.05, 3.63) is 35.4 Å². The summed E-state index contributed by atoms with van der Waals surface area (Å²) in [6.45, 7) is 10.0. The minimum Gasteiger partial charge on any atom is -0.355 e. The number of rotatable bonds is 5. The van der Waals surface area contributed by atoms with Crippen LogP contribution in [-0.2, 0) is 17.9 Å². The standard InChI is InChI=1S/C19H29N3O/c1-15(2)22-9-7-16(8-10-22)11-20-19(23)14-21-12-17-5-3-4-6-18(17)13-21/h3-6,15-16H,7-14H2,1-2H3,(H,20,23). The largest absolute Gasteiger partial charge is 0.355 e. The van der Waals surface area contributed by atoms with E-state index in [0.717, 1.165) is 19.6 Å². The van der Waals surface area contributed by atoms with Crippen molar-refractivity contribution in [3.63, 3.8) is 0 Å². The fraction of sp³-hybridized carbons (Fsp3) is 0.632. The van der Waals surface area contributed by atoms with Gasteiger partial charge in [-0.1, -0.05) is 24.3 Å². The number of amides is 1. The lowest BCUT2D eigenvalue weighted by atomic mass is 9.96. The summed E-state index contributed by atoms with van der Waals surface area (Å²) in [7, 11) is 0. The number of nitrogens with one attached hydrogen (secondary N) is 1. The number of carbonyl (C=O) groups excluding carboxylic acids is 1. The van der Waals surface area contributed by atoms with E-state index in [2.05, 4.69) is 53.2 Å². The molecule has 0 unspecified atom stereocenters. The van der Waals surface area contributed by atoms with Gasteiger partial charge in [0, 0.05) is 25.7 Å². The molecule has 0 saturated carbocycles. The van der Waals surface area contributed by atoms with Crippen molar-refractivity contribution in [3.8, 4) is 0 Å². The van der Waals surface area contributed by atoms with Crippen molar-refractivity contribution in [2.75, 3.05) is 26.2 Å². The Balaban J connectivity index is 1.37. The smallest absolute Gasteiger partial charge is 0.234 e. The Kier molecular flexibility index (Phi) is 5.34. The molecule has 4 heteroatoms. The number of hydrogen-bond donors (Lipinski definition) is 1. The van der Waals surface area contributed by atoms with Gasteiger partial charge in [0.15, 0.2) is 0 Å². The second-order valence-corrected chi connectivity index (χ2v) is 7.29. The molecule has 1 aromatic carbocycles. The normalized spacial score (nSPS) is 20.0. The average Bonchev–Trinajstić information content (AvgIpc) is 2.95. The van der Waals surface area contributed by atoms with Gasteiger partial charge in [-0.3, -0.25) is 9.69 Å². The number of benzene rings is 1. The highest BCUT2D eigenvalue weighted by Gasteiger charge is 2.23. The van der Waals surface area contributed by atoms with Crippen LogP contribution in [0.1, 0.15) is 37.8 Å². The molecule has 2 aliphatic heterocycles. The average molecular weight is 315 g/mol. The van der Waals surface area contributed by atoms with Gasteiger partial charge in [-0.05, 0) is 56.8 Å². The Morgan fingerprint density at radius 2 is 1.78 bits per heavy atom. The highest BCUT2D eigenvalue weighted by atomic mass is 16.2. The third-order valence-corrected chi connectivity index (χ3v) is 5.24. The van der Waals surface area contributed by atoms with Crippen LogP contribution in [0.3, 0.4) is 0 Å². The lowest BCUT2D eigenvalue weighted by molar-refractivity contribution is -0.122. The van der Waals surface area contributed by atoms with Crippen LogP contribution < -0.4 is 5.32 Å². The zero-order chi connectivity index (χ0) is 16.2. The molecule has 23 heavy (non-hydrogen) atoms. The number of likely N-dealkylation sites (tertiary alicyclic amines) is 1. The molecule has 3 rings (SSSR count). The zero-order valence-electron chi connectivity index (χ0n) is 14.4. The van der Waals surface area contributed by atoms with Gasteiger partial charge in [0.1, 0.15) is 0 Å². The molecular formula is C19H29N3O. The molecule has 2 heterocycles. The van der Waals surface area contributed by atoms with Crippen molar-refractivity contribution >= 4 is 5.91 Å². The minimum atomic E-state index is 0.170. The summed E-state index contributed by atoms with van der Waals surface area (Å²) in [5.41, 5.74) is 2.72. The van der Waals surface area contributed by atoms with Crippen LogP contribution in [0.2, 0.25) is 0 Å². The molecule has 4 nitrogen and oxygen atoms in total. The predicted octanol–water partition coefficient (Wildman–Crippen LogP) is 2.24. The third kappa shape index (κ3) is 4.33. The first-order chi connectivity index (χ1) is 11.1. The van der Waals surface area contributed by atoms with Gasteiger partial charge >= 0.3 is 0 Å². The third-order valence-electron chi connectivity index (χ3n) is 5.24. The van der Waals surface area contributed by atoms with E-state index in [-0.39, 0.29) is 5.91 Å². The van der Waals surface area contributed by atoms with E-state index in [0.29, 0.717) is 18.5 Å². The van der Waals surface area contributed by atoms with E-state index in [1.807, 2.05) is 0 Å². The molecule has 0 aliphatic carbocycles. The van der Waals surface area contributed by atoms with Crippen molar-refractivity contribution in [1.29, 1.82) is 0 Å². The molecule has 0 spiro atoms. The maximum absolute atomic E-state index is 12.2. The first-order valence-electron chi connectivity index (χ1n) is 8.91. The summed E-state index contributed by atoms with van der Waals surface area (Å²) in [5.74, 6) is 0.814. The molecule has 1 aromatic rings. The Morgan fingerprint density at radius 1 is 1.17 bits per heavy atom. The minimum absolute atomic E-state index is 0.170. The molecule has 1 amide bonds. The van der Waals surface area contributed by atoms with E-state index in [1.54, 1.807) is 0 Å². The molecule has 126 valence electrons. The number of hydrogen-bond acceptors (Lipinski definition) is 3.